The van der Waals surface area contributed by atoms with Gasteiger partial charge in [-0.05, 0) is 48.1 Å². The van der Waals surface area contributed by atoms with Gasteiger partial charge in [0.05, 0.1) is 5.52 Å². The molecule has 0 saturated carbocycles. The fourth-order valence-corrected chi connectivity index (χ4v) is 4.25. The average Bonchev–Trinajstić information content (AvgIpc) is 3.27. The first-order valence-corrected chi connectivity index (χ1v) is 11.0. The van der Waals surface area contributed by atoms with Gasteiger partial charge in [-0.15, -0.1) is 0 Å². The summed E-state index contributed by atoms with van der Waals surface area (Å²) in [5.41, 5.74) is 5.00. The van der Waals surface area contributed by atoms with E-state index in [2.05, 4.69) is 45.3 Å². The SMILES string of the molecule is CC(=O)N1CCC(c2cnc3nc(-c4ccc(COc5ccccc5)cc4)[nH]c3c2)CC1. The molecule has 1 aliphatic rings. The Kier molecular flexibility index (Phi) is 5.58. The number of hydrogen-bond acceptors (Lipinski definition) is 4. The van der Waals surface area contributed by atoms with E-state index < -0.39 is 0 Å². The molecule has 2 aromatic heterocycles. The van der Waals surface area contributed by atoms with Gasteiger partial charge in [0, 0.05) is 31.8 Å². The van der Waals surface area contributed by atoms with E-state index in [0.717, 1.165) is 59.8 Å². The van der Waals surface area contributed by atoms with E-state index >= 15 is 0 Å². The zero-order valence-electron chi connectivity index (χ0n) is 18.1. The normalized spacial score (nSPS) is 14.6. The minimum Gasteiger partial charge on any atom is -0.489 e. The zero-order valence-corrected chi connectivity index (χ0v) is 18.1. The number of H-pyrrole nitrogens is 1. The van der Waals surface area contributed by atoms with E-state index in [1.54, 1.807) is 6.92 Å². The Morgan fingerprint density at radius 2 is 1.84 bits per heavy atom. The summed E-state index contributed by atoms with van der Waals surface area (Å²) in [7, 11) is 0. The molecule has 2 aromatic carbocycles. The topological polar surface area (TPSA) is 71.1 Å². The molecule has 0 aliphatic carbocycles. The second-order valence-electron chi connectivity index (χ2n) is 8.30. The van der Waals surface area contributed by atoms with Gasteiger partial charge in [0.1, 0.15) is 18.2 Å². The van der Waals surface area contributed by atoms with Gasteiger partial charge < -0.3 is 14.6 Å². The van der Waals surface area contributed by atoms with Crippen LogP contribution in [0.15, 0.2) is 66.9 Å². The number of rotatable bonds is 5. The molecule has 1 fully saturated rings. The third-order valence-corrected chi connectivity index (χ3v) is 6.15. The van der Waals surface area contributed by atoms with Crippen LogP contribution in [0.25, 0.3) is 22.6 Å². The molecule has 0 spiro atoms. The molecular weight excluding hydrogens is 400 g/mol. The van der Waals surface area contributed by atoms with Crippen LogP contribution in [0, 0.1) is 0 Å². The first kappa shape index (κ1) is 20.2. The molecular formula is C26H26N4O2. The number of likely N-dealkylation sites (tertiary alicyclic amines) is 1. The summed E-state index contributed by atoms with van der Waals surface area (Å²) in [4.78, 5) is 26.2. The molecule has 4 aromatic rings. The standard InChI is InChI=1S/C26H26N4O2/c1-18(31)30-13-11-20(12-14-30)22-15-24-26(27-16-22)29-25(28-24)21-9-7-19(8-10-21)17-32-23-5-3-2-4-6-23/h2-10,15-16,20H,11-14,17H2,1H3,(H,27,28,29). The number of pyridine rings is 1. The fourth-order valence-electron chi connectivity index (χ4n) is 4.25. The molecule has 0 atom stereocenters. The number of amides is 1. The molecule has 32 heavy (non-hydrogen) atoms. The maximum atomic E-state index is 11.6. The molecule has 1 saturated heterocycles. The summed E-state index contributed by atoms with van der Waals surface area (Å²) < 4.78 is 5.82. The first-order valence-electron chi connectivity index (χ1n) is 11.0. The predicted octanol–water partition coefficient (Wildman–Crippen LogP) is 4.93. The molecule has 1 N–H and O–H groups in total. The van der Waals surface area contributed by atoms with Crippen LogP contribution in [0.4, 0.5) is 0 Å². The highest BCUT2D eigenvalue weighted by Crippen LogP contribution is 2.30. The number of aromatic amines is 1. The molecule has 3 heterocycles. The van der Waals surface area contributed by atoms with Crippen molar-refractivity contribution in [3.8, 4) is 17.1 Å². The van der Waals surface area contributed by atoms with Gasteiger partial charge >= 0.3 is 0 Å². The van der Waals surface area contributed by atoms with Crippen molar-refractivity contribution in [1.29, 1.82) is 0 Å². The van der Waals surface area contributed by atoms with E-state index in [1.165, 1.54) is 5.56 Å². The molecule has 1 aliphatic heterocycles. The van der Waals surface area contributed by atoms with E-state index in [4.69, 9.17) is 4.74 Å². The first-order chi connectivity index (χ1) is 15.7. The quantitative estimate of drug-likeness (QED) is 0.491. The summed E-state index contributed by atoms with van der Waals surface area (Å²) in [5, 5.41) is 0. The number of hydrogen-bond donors (Lipinski definition) is 1. The smallest absolute Gasteiger partial charge is 0.219 e. The molecule has 0 unspecified atom stereocenters. The largest absolute Gasteiger partial charge is 0.489 e. The van der Waals surface area contributed by atoms with Gasteiger partial charge in [0.2, 0.25) is 5.91 Å². The molecule has 162 valence electrons. The summed E-state index contributed by atoms with van der Waals surface area (Å²) in [6.45, 7) is 3.79. The Bertz CT molecular complexity index is 1210. The maximum absolute atomic E-state index is 11.6. The van der Waals surface area contributed by atoms with Crippen LogP contribution in [0.1, 0.15) is 36.8 Å². The van der Waals surface area contributed by atoms with Gasteiger partial charge in [0.25, 0.3) is 0 Å². The second-order valence-corrected chi connectivity index (χ2v) is 8.30. The Morgan fingerprint density at radius 3 is 2.56 bits per heavy atom. The van der Waals surface area contributed by atoms with Crippen molar-refractivity contribution in [2.45, 2.75) is 32.3 Å². The number of carbonyl (C=O) groups is 1. The number of para-hydroxylation sites is 1. The van der Waals surface area contributed by atoms with E-state index in [9.17, 15) is 4.79 Å². The second kappa shape index (κ2) is 8.83. The highest BCUT2D eigenvalue weighted by molar-refractivity contribution is 5.76. The predicted molar refractivity (Wildman–Crippen MR) is 124 cm³/mol. The zero-order chi connectivity index (χ0) is 21.9. The summed E-state index contributed by atoms with van der Waals surface area (Å²) in [6, 6.07) is 20.2. The van der Waals surface area contributed by atoms with Crippen LogP contribution in [0.5, 0.6) is 5.75 Å². The molecule has 0 bridgehead atoms. The number of piperidine rings is 1. The number of fused-ring (bicyclic) bond motifs is 1. The minimum absolute atomic E-state index is 0.160. The van der Waals surface area contributed by atoms with Gasteiger partial charge in [-0.25, -0.2) is 9.97 Å². The van der Waals surface area contributed by atoms with Crippen molar-refractivity contribution in [2.24, 2.45) is 0 Å². The van der Waals surface area contributed by atoms with E-state index in [0.29, 0.717) is 12.5 Å². The number of aromatic nitrogens is 3. The maximum Gasteiger partial charge on any atom is 0.219 e. The van der Waals surface area contributed by atoms with Crippen LogP contribution in [-0.4, -0.2) is 38.8 Å². The molecule has 6 nitrogen and oxygen atoms in total. The van der Waals surface area contributed by atoms with Crippen molar-refractivity contribution in [3.05, 3.63) is 78.0 Å². The van der Waals surface area contributed by atoms with E-state index in [1.807, 2.05) is 41.4 Å². The van der Waals surface area contributed by atoms with Crippen molar-refractivity contribution >= 4 is 17.1 Å². The van der Waals surface area contributed by atoms with E-state index in [-0.39, 0.29) is 5.91 Å². The Morgan fingerprint density at radius 1 is 1.09 bits per heavy atom. The van der Waals surface area contributed by atoms with Gasteiger partial charge in [0.15, 0.2) is 5.65 Å². The molecule has 1 amide bonds. The lowest BCUT2D eigenvalue weighted by Crippen LogP contribution is -2.36. The Hall–Kier alpha value is -3.67. The van der Waals surface area contributed by atoms with Crippen LogP contribution in [0.3, 0.4) is 0 Å². The summed E-state index contributed by atoms with van der Waals surface area (Å²) >= 11 is 0. The van der Waals surface area contributed by atoms with Crippen LogP contribution in [-0.2, 0) is 11.4 Å². The number of imidazole rings is 1. The number of nitrogens with zero attached hydrogens (tertiary/aromatic N) is 3. The Balaban J connectivity index is 1.28. The summed E-state index contributed by atoms with van der Waals surface area (Å²) in [5.74, 6) is 2.26. The summed E-state index contributed by atoms with van der Waals surface area (Å²) in [6.07, 6.45) is 3.88. The Labute approximate surface area is 187 Å². The number of benzene rings is 2. The van der Waals surface area contributed by atoms with Crippen molar-refractivity contribution in [2.75, 3.05) is 13.1 Å². The van der Waals surface area contributed by atoms with Crippen LogP contribution >= 0.6 is 0 Å². The number of carbonyl (C=O) groups excluding carboxylic acids is 1. The van der Waals surface area contributed by atoms with Gasteiger partial charge in [-0.1, -0.05) is 42.5 Å². The monoisotopic (exact) mass is 426 g/mol. The van der Waals surface area contributed by atoms with Crippen molar-refractivity contribution in [1.82, 2.24) is 19.9 Å². The highest BCUT2D eigenvalue weighted by Gasteiger charge is 2.22. The lowest BCUT2D eigenvalue weighted by Gasteiger charge is -2.31. The lowest BCUT2D eigenvalue weighted by atomic mass is 9.90. The average molecular weight is 427 g/mol. The molecule has 6 heteroatoms. The lowest BCUT2D eigenvalue weighted by molar-refractivity contribution is -0.129. The minimum atomic E-state index is 0.160. The van der Waals surface area contributed by atoms with Gasteiger partial charge in [-0.2, -0.15) is 0 Å². The third-order valence-electron chi connectivity index (χ3n) is 6.15. The third kappa shape index (κ3) is 4.35. The molecule has 5 rings (SSSR count). The number of nitrogens with one attached hydrogen (secondary N) is 1. The number of ether oxygens (including phenoxy) is 1. The highest BCUT2D eigenvalue weighted by atomic mass is 16.5. The van der Waals surface area contributed by atoms with Crippen LogP contribution < -0.4 is 4.74 Å². The van der Waals surface area contributed by atoms with Crippen LogP contribution in [0.2, 0.25) is 0 Å². The molecule has 0 radical (unpaired) electrons. The van der Waals surface area contributed by atoms with Crippen molar-refractivity contribution in [3.63, 3.8) is 0 Å². The van der Waals surface area contributed by atoms with Crippen molar-refractivity contribution < 1.29 is 9.53 Å². The fraction of sp³-hybridized carbons (Fsp3) is 0.269. The van der Waals surface area contributed by atoms with Gasteiger partial charge in [-0.3, -0.25) is 4.79 Å².